The summed E-state index contributed by atoms with van der Waals surface area (Å²) < 4.78 is 1.61. The molecule has 1 rings (SSSR count). The molecule has 0 saturated carbocycles. The second-order valence-electron chi connectivity index (χ2n) is 1.65. The average molecular weight is 143 g/mol. The topological polar surface area (TPSA) is 42.2 Å². The molecule has 0 aliphatic carbocycles. The normalized spacial score (nSPS) is 9.44. The first-order valence-corrected chi connectivity index (χ1v) is 2.88. The lowest BCUT2D eigenvalue weighted by molar-refractivity contribution is 0.0697. The Hall–Kier alpha value is -0.820. The van der Waals surface area contributed by atoms with E-state index in [-0.39, 0.29) is 0 Å². The molecule has 0 aromatic carbocycles. The Bertz CT molecular complexity index is 231. The van der Waals surface area contributed by atoms with Gasteiger partial charge < -0.3 is 9.44 Å². The number of hydrogen-bond acceptors (Lipinski definition) is 1. The Kier molecular flexibility index (Phi) is 1.54. The molecule has 0 amide bonds. The summed E-state index contributed by atoms with van der Waals surface area (Å²) in [5.41, 5.74) is 0.310. The van der Waals surface area contributed by atoms with Crippen LogP contribution in [0, 0.1) is 0 Å². The third kappa shape index (κ3) is 1.30. The van der Waals surface area contributed by atoms with Gasteiger partial charge in [0.15, 0.2) is 0 Å². The molecular formula is C5H6NO2P. The number of rotatable bonds is 1. The summed E-state index contributed by atoms with van der Waals surface area (Å²) in [6, 6.07) is 1.54. The van der Waals surface area contributed by atoms with E-state index in [1.165, 1.54) is 12.3 Å². The Labute approximate surface area is 54.6 Å². The van der Waals surface area contributed by atoms with E-state index < -0.39 is 5.97 Å². The minimum Gasteiger partial charge on any atom is -0.478 e. The van der Waals surface area contributed by atoms with Crippen LogP contribution in [0.25, 0.3) is 0 Å². The Morgan fingerprint density at radius 1 is 1.78 bits per heavy atom. The van der Waals surface area contributed by atoms with Crippen LogP contribution in [0.1, 0.15) is 10.4 Å². The number of carboxylic acids is 1. The monoisotopic (exact) mass is 143 g/mol. The molecule has 48 valence electrons. The smallest absolute Gasteiger partial charge is 0.337 e. The van der Waals surface area contributed by atoms with Gasteiger partial charge in [0.1, 0.15) is 0 Å². The summed E-state index contributed by atoms with van der Waals surface area (Å²) >= 11 is 0. The number of aromatic carboxylic acids is 1. The Morgan fingerprint density at radius 2 is 2.44 bits per heavy atom. The molecular weight excluding hydrogens is 137 g/mol. The van der Waals surface area contributed by atoms with Crippen molar-refractivity contribution in [2.45, 2.75) is 0 Å². The lowest BCUT2D eigenvalue weighted by Crippen LogP contribution is -1.91. The second-order valence-corrected chi connectivity index (χ2v) is 2.25. The van der Waals surface area contributed by atoms with Crippen molar-refractivity contribution in [1.29, 1.82) is 0 Å². The van der Waals surface area contributed by atoms with Crippen LogP contribution in [0.3, 0.4) is 0 Å². The number of nitrogens with zero attached hydrogens (tertiary/aromatic N) is 1. The zero-order valence-electron chi connectivity index (χ0n) is 4.61. The highest BCUT2D eigenvalue weighted by Crippen LogP contribution is 2.02. The van der Waals surface area contributed by atoms with Gasteiger partial charge in [-0.1, -0.05) is 0 Å². The van der Waals surface area contributed by atoms with Gasteiger partial charge in [-0.15, -0.1) is 0 Å². The summed E-state index contributed by atoms with van der Waals surface area (Å²) in [6.45, 7) is 0. The maximum atomic E-state index is 10.2. The minimum absolute atomic E-state index is 0.310. The summed E-state index contributed by atoms with van der Waals surface area (Å²) in [5.74, 6) is -0.892. The molecule has 1 heterocycles. The zero-order chi connectivity index (χ0) is 6.85. The Balaban J connectivity index is 2.98. The van der Waals surface area contributed by atoms with Crippen LogP contribution in [-0.4, -0.2) is 15.4 Å². The van der Waals surface area contributed by atoms with Crippen LogP contribution in [0.15, 0.2) is 18.5 Å². The predicted molar refractivity (Wildman–Crippen MR) is 36.5 cm³/mol. The molecule has 0 bridgehead atoms. The number of carbonyl (C=O) groups is 1. The maximum Gasteiger partial charge on any atom is 0.337 e. The van der Waals surface area contributed by atoms with E-state index in [0.29, 0.717) is 5.56 Å². The standard InChI is InChI=1S/C5H6NO2P/c7-5(8)4-1-2-6(9)3-4/h1-3H,9H2,(H,7,8). The molecule has 0 aliphatic rings. The molecule has 3 nitrogen and oxygen atoms in total. The number of carboxylic acid groups (broad SMARTS) is 1. The largest absolute Gasteiger partial charge is 0.478 e. The first-order valence-electron chi connectivity index (χ1n) is 2.36. The highest BCUT2D eigenvalue weighted by molar-refractivity contribution is 7.14. The van der Waals surface area contributed by atoms with Crippen molar-refractivity contribution in [3.05, 3.63) is 24.0 Å². The number of aromatic nitrogens is 1. The molecule has 0 radical (unpaired) electrons. The van der Waals surface area contributed by atoms with Crippen molar-refractivity contribution in [1.82, 2.24) is 4.34 Å². The van der Waals surface area contributed by atoms with E-state index in [0.717, 1.165) is 0 Å². The van der Waals surface area contributed by atoms with Gasteiger partial charge in [-0.05, 0) is 15.5 Å². The second kappa shape index (κ2) is 2.19. The van der Waals surface area contributed by atoms with Gasteiger partial charge in [0.25, 0.3) is 0 Å². The molecule has 0 aliphatic heterocycles. The summed E-state index contributed by atoms with van der Waals surface area (Å²) in [7, 11) is 2.35. The van der Waals surface area contributed by atoms with Gasteiger partial charge in [0.05, 0.1) is 5.56 Å². The van der Waals surface area contributed by atoms with E-state index in [4.69, 9.17) is 5.11 Å². The first-order chi connectivity index (χ1) is 4.20. The zero-order valence-corrected chi connectivity index (χ0v) is 5.77. The fourth-order valence-electron chi connectivity index (χ4n) is 0.540. The highest BCUT2D eigenvalue weighted by Gasteiger charge is 2.00. The van der Waals surface area contributed by atoms with Crippen LogP contribution < -0.4 is 0 Å². The average Bonchev–Trinajstić information content (AvgIpc) is 2.14. The van der Waals surface area contributed by atoms with Crippen molar-refractivity contribution in [2.24, 2.45) is 0 Å². The van der Waals surface area contributed by atoms with Gasteiger partial charge in [0.2, 0.25) is 0 Å². The number of hydrogen-bond donors (Lipinski definition) is 1. The summed E-state index contributed by atoms with van der Waals surface area (Å²) in [5, 5.41) is 8.38. The first kappa shape index (κ1) is 6.30. The molecule has 0 fully saturated rings. The molecule has 1 atom stereocenters. The van der Waals surface area contributed by atoms with Crippen molar-refractivity contribution in [3.63, 3.8) is 0 Å². The third-order valence-electron chi connectivity index (χ3n) is 0.961. The van der Waals surface area contributed by atoms with E-state index in [1.54, 1.807) is 10.5 Å². The van der Waals surface area contributed by atoms with Crippen molar-refractivity contribution in [3.8, 4) is 0 Å². The van der Waals surface area contributed by atoms with Crippen LogP contribution in [0.2, 0.25) is 0 Å². The molecule has 1 aromatic heterocycles. The Morgan fingerprint density at radius 3 is 2.67 bits per heavy atom. The highest BCUT2D eigenvalue weighted by atomic mass is 31.0. The fourth-order valence-corrected chi connectivity index (χ4v) is 0.786. The van der Waals surface area contributed by atoms with Gasteiger partial charge >= 0.3 is 5.97 Å². The SMILES string of the molecule is O=C(O)c1ccn(P)c1. The predicted octanol–water partition coefficient (Wildman–Crippen LogP) is 0.824. The van der Waals surface area contributed by atoms with Crippen LogP contribution in [-0.2, 0) is 0 Å². The quantitative estimate of drug-likeness (QED) is 0.591. The molecule has 9 heavy (non-hydrogen) atoms. The van der Waals surface area contributed by atoms with Gasteiger partial charge in [-0.2, -0.15) is 0 Å². The molecule has 1 N–H and O–H groups in total. The van der Waals surface area contributed by atoms with Crippen molar-refractivity contribution < 1.29 is 9.90 Å². The lowest BCUT2D eigenvalue weighted by atomic mass is 10.4. The molecule has 0 spiro atoms. The fraction of sp³-hybridized carbons (Fsp3) is 0. The summed E-state index contributed by atoms with van der Waals surface area (Å²) in [6.07, 6.45) is 3.18. The maximum absolute atomic E-state index is 10.2. The van der Waals surface area contributed by atoms with Crippen LogP contribution >= 0.6 is 9.39 Å². The summed E-state index contributed by atoms with van der Waals surface area (Å²) in [4.78, 5) is 10.2. The third-order valence-corrected chi connectivity index (χ3v) is 1.28. The molecule has 0 saturated heterocycles. The minimum atomic E-state index is -0.892. The van der Waals surface area contributed by atoms with Crippen LogP contribution in [0.4, 0.5) is 0 Å². The molecule has 1 unspecified atom stereocenters. The van der Waals surface area contributed by atoms with E-state index in [1.807, 2.05) is 0 Å². The van der Waals surface area contributed by atoms with Gasteiger partial charge in [-0.25, -0.2) is 4.79 Å². The van der Waals surface area contributed by atoms with Crippen molar-refractivity contribution in [2.75, 3.05) is 0 Å². The van der Waals surface area contributed by atoms with Gasteiger partial charge in [0, 0.05) is 12.4 Å². The van der Waals surface area contributed by atoms with Crippen molar-refractivity contribution >= 4 is 15.4 Å². The lowest BCUT2D eigenvalue weighted by Gasteiger charge is -1.83. The van der Waals surface area contributed by atoms with E-state index in [2.05, 4.69) is 9.39 Å². The van der Waals surface area contributed by atoms with E-state index >= 15 is 0 Å². The van der Waals surface area contributed by atoms with Gasteiger partial charge in [-0.3, -0.25) is 0 Å². The molecule has 4 heteroatoms. The van der Waals surface area contributed by atoms with Crippen LogP contribution in [0.5, 0.6) is 0 Å². The molecule has 1 aromatic rings. The van der Waals surface area contributed by atoms with E-state index in [9.17, 15) is 4.79 Å².